The van der Waals surface area contributed by atoms with Crippen LogP contribution in [0.1, 0.15) is 80.3 Å². The normalized spacial score (nSPS) is 32.8. The molecule has 7 nitrogen and oxygen atoms in total. The van der Waals surface area contributed by atoms with Crippen molar-refractivity contribution in [2.75, 3.05) is 24.6 Å². The van der Waals surface area contributed by atoms with Crippen LogP contribution >= 0.6 is 11.6 Å². The van der Waals surface area contributed by atoms with Crippen molar-refractivity contribution in [1.82, 2.24) is 4.72 Å². The molecule has 4 aliphatic rings. The van der Waals surface area contributed by atoms with Gasteiger partial charge in [0.15, 0.2) is 0 Å². The molecule has 1 spiro atoms. The van der Waals surface area contributed by atoms with Gasteiger partial charge in [0.1, 0.15) is 12.0 Å². The fraction of sp³-hybridized carbons (Fsp3) is 0.576. The summed E-state index contributed by atoms with van der Waals surface area (Å²) in [5.41, 5.74) is 3.37. The number of sulfonamides is 1. The average Bonchev–Trinajstić information content (AvgIpc) is 3.10. The number of fused-ring (bicyclic) bond motifs is 4. The molecule has 1 amide bonds. The Morgan fingerprint density at radius 3 is 2.67 bits per heavy atom. The molecule has 0 saturated heterocycles. The first-order valence-corrected chi connectivity index (χ1v) is 17.3. The van der Waals surface area contributed by atoms with Gasteiger partial charge in [-0.3, -0.25) is 4.79 Å². The molecule has 9 heteroatoms. The molecule has 1 fully saturated rings. The van der Waals surface area contributed by atoms with E-state index in [1.165, 1.54) is 11.1 Å². The molecular weight excluding hydrogens is 572 g/mol. The number of halogens is 1. The molecule has 42 heavy (non-hydrogen) atoms. The van der Waals surface area contributed by atoms with Gasteiger partial charge in [-0.15, -0.1) is 0 Å². The minimum Gasteiger partial charge on any atom is -0.490 e. The molecule has 2 aliphatic carbocycles. The summed E-state index contributed by atoms with van der Waals surface area (Å²) in [5.74, 6) is 0.559. The Hall–Kier alpha value is -2.58. The van der Waals surface area contributed by atoms with Crippen LogP contribution in [-0.4, -0.2) is 45.6 Å². The highest BCUT2D eigenvalue weighted by Crippen LogP contribution is 2.47. The van der Waals surface area contributed by atoms with Gasteiger partial charge in [-0.25, -0.2) is 13.1 Å². The monoisotopic (exact) mass is 612 g/mol. The molecule has 1 saturated carbocycles. The molecular formula is C33H41ClN2O5S. The number of carbonyl (C=O) groups excluding carboxylic acids is 2. The third-order valence-corrected chi connectivity index (χ3v) is 12.8. The minimum atomic E-state index is -3.89. The fourth-order valence-corrected chi connectivity index (χ4v) is 9.31. The van der Waals surface area contributed by atoms with E-state index in [0.717, 1.165) is 68.5 Å². The van der Waals surface area contributed by atoms with Gasteiger partial charge >= 0.3 is 0 Å². The largest absolute Gasteiger partial charge is 0.490 e. The third-order valence-electron chi connectivity index (χ3n) is 10.7. The molecule has 0 aromatic heterocycles. The van der Waals surface area contributed by atoms with Crippen molar-refractivity contribution in [3.05, 3.63) is 58.1 Å². The quantitative estimate of drug-likeness (QED) is 0.402. The van der Waals surface area contributed by atoms with E-state index >= 15 is 0 Å². The summed E-state index contributed by atoms with van der Waals surface area (Å²) < 4.78 is 35.3. The number of anilines is 1. The minimum absolute atomic E-state index is 0.0315. The Labute approximate surface area is 254 Å². The molecule has 2 heterocycles. The summed E-state index contributed by atoms with van der Waals surface area (Å²) in [6, 6.07) is 11.4. The first-order chi connectivity index (χ1) is 20.1. The number of carbonyl (C=O) groups is 2. The lowest BCUT2D eigenvalue weighted by Crippen LogP contribution is -2.49. The second-order valence-electron chi connectivity index (χ2n) is 13.2. The maximum Gasteiger partial charge on any atom is 0.264 e. The molecule has 1 N–H and O–H groups in total. The number of benzene rings is 2. The van der Waals surface area contributed by atoms with Crippen molar-refractivity contribution >= 4 is 39.5 Å². The third kappa shape index (κ3) is 5.45. The topological polar surface area (TPSA) is 92.8 Å². The van der Waals surface area contributed by atoms with E-state index in [4.69, 9.17) is 16.3 Å². The Kier molecular flexibility index (Phi) is 8.07. The van der Waals surface area contributed by atoms with E-state index < -0.39 is 21.2 Å². The van der Waals surface area contributed by atoms with Crippen LogP contribution in [0.15, 0.2) is 36.4 Å². The molecule has 2 aromatic carbocycles. The standard InChI is InChI=1S/C33H41ClN2O5S/c1-21-5-3-6-26(18-37)28-11-8-25(28)17-36-19-33(14-4-7-23-15-27(34)10-12-29(23)33)20-41-31-13-9-24(16-30(31)36)32(38)35-42(39,40)22(21)2/h9-10,12-13,15-16,18,21-22,25-26,28H,3-8,11,14,17,19-20H2,1-2H3,(H,35,38)/t21?,22?,25?,26-,28?,33-/m0/s1. The van der Waals surface area contributed by atoms with Crippen molar-refractivity contribution in [2.24, 2.45) is 23.7 Å². The predicted molar refractivity (Wildman–Crippen MR) is 165 cm³/mol. The molecule has 6 atom stereocenters. The molecule has 2 aliphatic heterocycles. The van der Waals surface area contributed by atoms with Gasteiger partial charge in [-0.1, -0.05) is 31.0 Å². The van der Waals surface area contributed by atoms with E-state index in [2.05, 4.69) is 21.8 Å². The molecule has 6 rings (SSSR count). The SMILES string of the molecule is CC1CCC[C@@H](C=O)C2CCC2CN2C[C@@]3(CCCc4cc(Cl)ccc43)COc3ccc(cc32)C(=O)NS(=O)(=O)C1C. The van der Waals surface area contributed by atoms with Crippen LogP contribution in [0.3, 0.4) is 0 Å². The number of rotatable bonds is 1. The number of nitrogens with one attached hydrogen (secondary N) is 1. The summed E-state index contributed by atoms with van der Waals surface area (Å²) in [5, 5.41) is 0.000975. The van der Waals surface area contributed by atoms with Crippen molar-refractivity contribution < 1.29 is 22.7 Å². The number of hydrogen-bond donors (Lipinski definition) is 1. The van der Waals surface area contributed by atoms with Crippen LogP contribution in [0.25, 0.3) is 0 Å². The van der Waals surface area contributed by atoms with Crippen LogP contribution < -0.4 is 14.4 Å². The maximum atomic E-state index is 13.3. The van der Waals surface area contributed by atoms with Gasteiger partial charge in [-0.2, -0.15) is 0 Å². The Bertz CT molecular complexity index is 1480. The van der Waals surface area contributed by atoms with Gasteiger partial charge < -0.3 is 14.4 Å². The van der Waals surface area contributed by atoms with E-state index in [9.17, 15) is 18.0 Å². The molecule has 226 valence electrons. The smallest absolute Gasteiger partial charge is 0.264 e. The van der Waals surface area contributed by atoms with Gasteiger partial charge in [0.05, 0.1) is 17.5 Å². The Balaban J connectivity index is 1.42. The van der Waals surface area contributed by atoms with Crippen molar-refractivity contribution in [3.8, 4) is 5.75 Å². The van der Waals surface area contributed by atoms with Crippen LogP contribution in [0.4, 0.5) is 5.69 Å². The molecule has 0 radical (unpaired) electrons. The summed E-state index contributed by atoms with van der Waals surface area (Å²) >= 11 is 6.39. The lowest BCUT2D eigenvalue weighted by atomic mass is 9.65. The summed E-state index contributed by atoms with van der Waals surface area (Å²) in [6.45, 7) is 5.54. The van der Waals surface area contributed by atoms with Crippen LogP contribution in [0.2, 0.25) is 5.02 Å². The Morgan fingerprint density at radius 2 is 1.90 bits per heavy atom. The predicted octanol–water partition coefficient (Wildman–Crippen LogP) is 5.92. The highest BCUT2D eigenvalue weighted by atomic mass is 35.5. The molecule has 4 unspecified atom stereocenters. The van der Waals surface area contributed by atoms with Gasteiger partial charge in [0.25, 0.3) is 5.91 Å². The Morgan fingerprint density at radius 1 is 1.07 bits per heavy atom. The summed E-state index contributed by atoms with van der Waals surface area (Å²) in [4.78, 5) is 28.0. The zero-order valence-electron chi connectivity index (χ0n) is 24.5. The van der Waals surface area contributed by atoms with Crippen LogP contribution in [0, 0.1) is 23.7 Å². The number of amides is 1. The van der Waals surface area contributed by atoms with Gasteiger partial charge in [0.2, 0.25) is 10.0 Å². The van der Waals surface area contributed by atoms with E-state index in [0.29, 0.717) is 42.7 Å². The lowest BCUT2D eigenvalue weighted by Gasteiger charge is -2.46. The van der Waals surface area contributed by atoms with Gasteiger partial charge in [0, 0.05) is 35.0 Å². The van der Waals surface area contributed by atoms with E-state index in [1.54, 1.807) is 25.1 Å². The first kappa shape index (κ1) is 29.5. The fourth-order valence-electron chi connectivity index (χ4n) is 7.80. The average molecular weight is 613 g/mol. The highest BCUT2D eigenvalue weighted by Gasteiger charge is 2.44. The first-order valence-electron chi connectivity index (χ1n) is 15.4. The van der Waals surface area contributed by atoms with Crippen molar-refractivity contribution in [1.29, 1.82) is 0 Å². The second kappa shape index (κ2) is 11.5. The van der Waals surface area contributed by atoms with Crippen molar-refractivity contribution in [3.63, 3.8) is 0 Å². The number of hydrogen-bond acceptors (Lipinski definition) is 6. The van der Waals surface area contributed by atoms with Crippen LogP contribution in [-0.2, 0) is 26.7 Å². The van der Waals surface area contributed by atoms with Crippen molar-refractivity contribution in [2.45, 2.75) is 75.9 Å². The summed E-state index contributed by atoms with van der Waals surface area (Å²) in [6.07, 6.45) is 8.43. The zero-order chi connectivity index (χ0) is 29.6. The van der Waals surface area contributed by atoms with Gasteiger partial charge in [-0.05, 0) is 111 Å². The number of ether oxygens (including phenoxy) is 1. The molecule has 2 bridgehead atoms. The van der Waals surface area contributed by atoms with E-state index in [-0.39, 0.29) is 17.3 Å². The van der Waals surface area contributed by atoms with Crippen LogP contribution in [0.5, 0.6) is 5.75 Å². The number of nitrogens with zero attached hydrogens (tertiary/aromatic N) is 1. The molecule has 2 aromatic rings. The number of aryl methyl sites for hydroxylation is 1. The summed E-state index contributed by atoms with van der Waals surface area (Å²) in [7, 11) is -3.89. The highest BCUT2D eigenvalue weighted by molar-refractivity contribution is 7.90. The lowest BCUT2D eigenvalue weighted by molar-refractivity contribution is -0.115. The second-order valence-corrected chi connectivity index (χ2v) is 15.7. The maximum absolute atomic E-state index is 13.3. The number of aldehydes is 1. The zero-order valence-corrected chi connectivity index (χ0v) is 26.1. The van der Waals surface area contributed by atoms with E-state index in [1.807, 2.05) is 13.0 Å².